The number of hydrogen-bond donors (Lipinski definition) is 0. The summed E-state index contributed by atoms with van der Waals surface area (Å²) in [4.78, 5) is 22.0. The lowest BCUT2D eigenvalue weighted by Gasteiger charge is -2.31. The molecule has 0 atom stereocenters. The van der Waals surface area contributed by atoms with Crippen molar-refractivity contribution in [2.24, 2.45) is 5.41 Å². The summed E-state index contributed by atoms with van der Waals surface area (Å²) in [5.41, 5.74) is 3.44. The molecule has 0 spiro atoms. The van der Waals surface area contributed by atoms with Crippen molar-refractivity contribution in [1.29, 1.82) is 0 Å². The summed E-state index contributed by atoms with van der Waals surface area (Å²) >= 11 is 0. The number of hydrogen-bond acceptors (Lipinski definition) is 3. The van der Waals surface area contributed by atoms with E-state index in [9.17, 15) is 4.79 Å². The molecule has 3 heterocycles. The number of pyridine rings is 1. The van der Waals surface area contributed by atoms with Gasteiger partial charge in [-0.1, -0.05) is 25.8 Å². The molecule has 0 saturated carbocycles. The van der Waals surface area contributed by atoms with Gasteiger partial charge in [0.1, 0.15) is 11.5 Å². The molecule has 0 N–H and O–H groups in total. The molecule has 1 aliphatic heterocycles. The van der Waals surface area contributed by atoms with Crippen LogP contribution in [0.3, 0.4) is 0 Å². The SMILES string of the molecule is Cc1cccc(C#Cc2ccc3c(=O)n4c(nc3c2)CCC(C)(C)C4)n1. The largest absolute Gasteiger partial charge is 0.296 e. The van der Waals surface area contributed by atoms with Crippen LogP contribution in [-0.4, -0.2) is 14.5 Å². The van der Waals surface area contributed by atoms with E-state index in [4.69, 9.17) is 4.98 Å². The van der Waals surface area contributed by atoms with E-state index in [0.29, 0.717) is 5.39 Å². The first-order chi connectivity index (χ1) is 12.4. The van der Waals surface area contributed by atoms with Gasteiger partial charge < -0.3 is 0 Å². The van der Waals surface area contributed by atoms with Crippen LogP contribution in [0.1, 0.15) is 43.0 Å². The molecular formula is C22H21N3O. The van der Waals surface area contributed by atoms with E-state index in [1.165, 1.54) is 0 Å². The molecule has 3 aromatic rings. The van der Waals surface area contributed by atoms with Crippen LogP contribution in [0.5, 0.6) is 0 Å². The van der Waals surface area contributed by atoms with Crippen LogP contribution in [0.2, 0.25) is 0 Å². The highest BCUT2D eigenvalue weighted by Gasteiger charge is 2.27. The van der Waals surface area contributed by atoms with Crippen molar-refractivity contribution >= 4 is 10.9 Å². The van der Waals surface area contributed by atoms with E-state index in [0.717, 1.165) is 47.7 Å². The lowest BCUT2D eigenvalue weighted by atomic mass is 9.85. The maximum absolute atomic E-state index is 12.9. The van der Waals surface area contributed by atoms with E-state index >= 15 is 0 Å². The van der Waals surface area contributed by atoms with Gasteiger partial charge in [-0.2, -0.15) is 0 Å². The zero-order chi connectivity index (χ0) is 18.3. The van der Waals surface area contributed by atoms with E-state index in [1.54, 1.807) is 0 Å². The number of rotatable bonds is 0. The highest BCUT2D eigenvalue weighted by atomic mass is 16.1. The first kappa shape index (κ1) is 16.5. The number of benzene rings is 1. The summed E-state index contributed by atoms with van der Waals surface area (Å²) in [7, 11) is 0. The molecule has 0 radical (unpaired) electrons. The summed E-state index contributed by atoms with van der Waals surface area (Å²) in [6.07, 6.45) is 1.88. The van der Waals surface area contributed by atoms with Gasteiger partial charge in [-0.15, -0.1) is 0 Å². The quantitative estimate of drug-likeness (QED) is 0.587. The summed E-state index contributed by atoms with van der Waals surface area (Å²) in [6.45, 7) is 7.07. The third kappa shape index (κ3) is 3.13. The van der Waals surface area contributed by atoms with Crippen LogP contribution >= 0.6 is 0 Å². The van der Waals surface area contributed by atoms with Crippen LogP contribution < -0.4 is 5.56 Å². The molecule has 0 aliphatic carbocycles. The van der Waals surface area contributed by atoms with Crippen LogP contribution in [0.15, 0.2) is 41.2 Å². The monoisotopic (exact) mass is 343 g/mol. The third-order valence-electron chi connectivity index (χ3n) is 4.87. The Morgan fingerprint density at radius 1 is 1.12 bits per heavy atom. The maximum atomic E-state index is 12.9. The van der Waals surface area contributed by atoms with Crippen molar-refractivity contribution < 1.29 is 0 Å². The Labute approximate surface area is 152 Å². The Morgan fingerprint density at radius 3 is 2.77 bits per heavy atom. The number of aromatic nitrogens is 3. The third-order valence-corrected chi connectivity index (χ3v) is 4.87. The second-order valence-electron chi connectivity index (χ2n) is 7.73. The Bertz CT molecular complexity index is 1130. The molecule has 0 bridgehead atoms. The maximum Gasteiger partial charge on any atom is 0.261 e. The molecule has 0 saturated heterocycles. The average Bonchev–Trinajstić information content (AvgIpc) is 2.60. The van der Waals surface area contributed by atoms with E-state index in [1.807, 2.05) is 47.9 Å². The summed E-state index contributed by atoms with van der Waals surface area (Å²) in [6, 6.07) is 11.4. The highest BCUT2D eigenvalue weighted by molar-refractivity contribution is 5.79. The van der Waals surface area contributed by atoms with E-state index < -0.39 is 0 Å². The fourth-order valence-electron chi connectivity index (χ4n) is 3.40. The van der Waals surface area contributed by atoms with Gasteiger partial charge in [0, 0.05) is 24.2 Å². The lowest BCUT2D eigenvalue weighted by molar-refractivity contribution is 0.240. The molecular weight excluding hydrogens is 322 g/mol. The van der Waals surface area contributed by atoms with Crippen molar-refractivity contribution in [1.82, 2.24) is 14.5 Å². The molecule has 0 unspecified atom stereocenters. The molecule has 1 aliphatic rings. The van der Waals surface area contributed by atoms with E-state index in [2.05, 4.69) is 30.7 Å². The van der Waals surface area contributed by atoms with Crippen LogP contribution in [0.4, 0.5) is 0 Å². The Kier molecular flexibility index (Phi) is 3.88. The van der Waals surface area contributed by atoms with Crippen molar-refractivity contribution in [3.8, 4) is 11.8 Å². The average molecular weight is 343 g/mol. The molecule has 4 rings (SSSR count). The Balaban J connectivity index is 1.76. The minimum absolute atomic E-state index is 0.0534. The van der Waals surface area contributed by atoms with Crippen molar-refractivity contribution in [3.05, 3.63) is 69.5 Å². The first-order valence-corrected chi connectivity index (χ1v) is 8.90. The molecule has 130 valence electrons. The Morgan fingerprint density at radius 2 is 1.96 bits per heavy atom. The van der Waals surface area contributed by atoms with Crippen LogP contribution in [-0.2, 0) is 13.0 Å². The van der Waals surface area contributed by atoms with Gasteiger partial charge in [0.2, 0.25) is 0 Å². The zero-order valence-corrected chi connectivity index (χ0v) is 15.3. The topological polar surface area (TPSA) is 47.8 Å². The number of nitrogens with zero attached hydrogens (tertiary/aromatic N) is 3. The second kappa shape index (κ2) is 6.10. The smallest absolute Gasteiger partial charge is 0.261 e. The Hall–Kier alpha value is -2.93. The fourth-order valence-corrected chi connectivity index (χ4v) is 3.40. The van der Waals surface area contributed by atoms with Crippen LogP contribution in [0, 0.1) is 24.2 Å². The van der Waals surface area contributed by atoms with Gasteiger partial charge in [-0.05, 0) is 55.0 Å². The second-order valence-corrected chi connectivity index (χ2v) is 7.73. The molecule has 4 heteroatoms. The van der Waals surface area contributed by atoms with Gasteiger partial charge in [-0.25, -0.2) is 9.97 Å². The van der Waals surface area contributed by atoms with Gasteiger partial charge >= 0.3 is 0 Å². The molecule has 0 fully saturated rings. The number of aryl methyl sites for hydroxylation is 2. The minimum atomic E-state index is 0.0534. The normalized spacial score (nSPS) is 15.2. The minimum Gasteiger partial charge on any atom is -0.296 e. The lowest BCUT2D eigenvalue weighted by Crippen LogP contribution is -2.36. The molecule has 4 nitrogen and oxygen atoms in total. The van der Waals surface area contributed by atoms with Crippen molar-refractivity contribution in [2.45, 2.75) is 40.2 Å². The highest BCUT2D eigenvalue weighted by Crippen LogP contribution is 2.29. The van der Waals surface area contributed by atoms with Gasteiger partial charge in [0.05, 0.1) is 10.9 Å². The number of fused-ring (bicyclic) bond motifs is 2. The van der Waals surface area contributed by atoms with Crippen LogP contribution in [0.25, 0.3) is 10.9 Å². The van der Waals surface area contributed by atoms with Gasteiger partial charge in [0.25, 0.3) is 5.56 Å². The predicted octanol–water partition coefficient (Wildman–Crippen LogP) is 3.47. The standard InChI is InChI=1S/C22H21N3O/c1-15-5-4-6-17(23-15)9-7-16-8-10-18-19(13-16)24-20-11-12-22(2,3)14-25(20)21(18)26/h4-6,8,10,13H,11-12,14H2,1-3H3. The molecule has 0 amide bonds. The van der Waals surface area contributed by atoms with E-state index in [-0.39, 0.29) is 11.0 Å². The van der Waals surface area contributed by atoms with Gasteiger partial charge in [-0.3, -0.25) is 9.36 Å². The molecule has 1 aromatic carbocycles. The van der Waals surface area contributed by atoms with Gasteiger partial charge in [0.15, 0.2) is 0 Å². The predicted molar refractivity (Wildman–Crippen MR) is 103 cm³/mol. The van der Waals surface area contributed by atoms with Crippen molar-refractivity contribution in [3.63, 3.8) is 0 Å². The zero-order valence-electron chi connectivity index (χ0n) is 15.3. The molecule has 26 heavy (non-hydrogen) atoms. The summed E-state index contributed by atoms with van der Waals surface area (Å²) < 4.78 is 1.84. The summed E-state index contributed by atoms with van der Waals surface area (Å²) in [5.74, 6) is 7.10. The summed E-state index contributed by atoms with van der Waals surface area (Å²) in [5, 5.41) is 0.658. The fraction of sp³-hybridized carbons (Fsp3) is 0.318. The molecule has 2 aromatic heterocycles. The van der Waals surface area contributed by atoms with Crippen molar-refractivity contribution in [2.75, 3.05) is 0 Å². The first-order valence-electron chi connectivity index (χ1n) is 8.90.